The molecule has 3 rings (SSSR count). The number of amides is 2. The first-order chi connectivity index (χ1) is 11.3. The molecule has 0 atom stereocenters. The largest absolute Gasteiger partial charge is 0.345 e. The molecule has 0 bridgehead atoms. The fourth-order valence-corrected chi connectivity index (χ4v) is 2.77. The van der Waals surface area contributed by atoms with Gasteiger partial charge in [0.1, 0.15) is 0 Å². The molecular weight excluding hydrogens is 314 g/mol. The predicted molar refractivity (Wildman–Crippen MR) is 86.8 cm³/mol. The van der Waals surface area contributed by atoms with Crippen molar-refractivity contribution in [2.75, 3.05) is 0 Å². The van der Waals surface area contributed by atoms with Crippen molar-refractivity contribution in [3.8, 4) is 11.5 Å². The van der Waals surface area contributed by atoms with E-state index in [0.717, 1.165) is 17.1 Å². The van der Waals surface area contributed by atoms with Crippen molar-refractivity contribution in [1.82, 2.24) is 25.3 Å². The van der Waals surface area contributed by atoms with Gasteiger partial charge in [0.05, 0.1) is 18.8 Å². The standard InChI is InChI=1S/C15H17N5O2S/c1-2-20-7-3-6-12(20)14-18-13(22-19-14)10-17-15(21)16-9-11-5-4-8-23-11/h3-8H,2,9-10H2,1H3,(H2,16,17,21). The molecule has 8 heteroatoms. The first kappa shape index (κ1) is 15.3. The maximum absolute atomic E-state index is 11.7. The highest BCUT2D eigenvalue weighted by Gasteiger charge is 2.12. The van der Waals surface area contributed by atoms with E-state index in [4.69, 9.17) is 4.52 Å². The van der Waals surface area contributed by atoms with Gasteiger partial charge in [-0.2, -0.15) is 4.98 Å². The lowest BCUT2D eigenvalue weighted by molar-refractivity contribution is 0.238. The van der Waals surface area contributed by atoms with E-state index in [9.17, 15) is 4.79 Å². The molecule has 0 radical (unpaired) electrons. The number of thiophene rings is 1. The van der Waals surface area contributed by atoms with Gasteiger partial charge in [-0.15, -0.1) is 11.3 Å². The van der Waals surface area contributed by atoms with E-state index in [0.29, 0.717) is 18.3 Å². The SMILES string of the molecule is CCn1cccc1-c1noc(CNC(=O)NCc2cccs2)n1. The summed E-state index contributed by atoms with van der Waals surface area (Å²) >= 11 is 1.60. The summed E-state index contributed by atoms with van der Waals surface area (Å²) in [6, 6.07) is 7.52. The van der Waals surface area contributed by atoms with Crippen LogP contribution in [0.4, 0.5) is 4.79 Å². The van der Waals surface area contributed by atoms with Crippen LogP contribution in [0.1, 0.15) is 17.7 Å². The molecular formula is C15H17N5O2S. The molecule has 0 fully saturated rings. The molecule has 0 aliphatic heterocycles. The molecule has 120 valence electrons. The summed E-state index contributed by atoms with van der Waals surface area (Å²) in [7, 11) is 0. The molecule has 0 saturated heterocycles. The van der Waals surface area contributed by atoms with E-state index >= 15 is 0 Å². The Bertz CT molecular complexity index is 763. The van der Waals surface area contributed by atoms with Crippen LogP contribution in [0.5, 0.6) is 0 Å². The summed E-state index contributed by atoms with van der Waals surface area (Å²) < 4.78 is 7.20. The third-order valence-corrected chi connectivity index (χ3v) is 4.15. The van der Waals surface area contributed by atoms with E-state index in [1.54, 1.807) is 11.3 Å². The van der Waals surface area contributed by atoms with Crippen molar-refractivity contribution in [2.24, 2.45) is 0 Å². The number of carbonyl (C=O) groups is 1. The van der Waals surface area contributed by atoms with Crippen molar-refractivity contribution in [2.45, 2.75) is 26.6 Å². The third-order valence-electron chi connectivity index (χ3n) is 3.27. The molecule has 23 heavy (non-hydrogen) atoms. The van der Waals surface area contributed by atoms with Crippen molar-refractivity contribution in [3.05, 3.63) is 46.6 Å². The lowest BCUT2D eigenvalue weighted by Gasteiger charge is -2.04. The summed E-state index contributed by atoms with van der Waals surface area (Å²) in [5, 5.41) is 11.4. The van der Waals surface area contributed by atoms with Crippen LogP contribution >= 0.6 is 11.3 Å². The average Bonchev–Trinajstić information content (AvgIpc) is 3.31. The van der Waals surface area contributed by atoms with Gasteiger partial charge in [-0.25, -0.2) is 4.79 Å². The Morgan fingerprint density at radius 2 is 2.17 bits per heavy atom. The molecule has 2 N–H and O–H groups in total. The minimum Gasteiger partial charge on any atom is -0.345 e. The van der Waals surface area contributed by atoms with Crippen LogP contribution in [0.2, 0.25) is 0 Å². The topological polar surface area (TPSA) is 85.0 Å². The van der Waals surface area contributed by atoms with Crippen molar-refractivity contribution >= 4 is 17.4 Å². The molecule has 0 saturated carbocycles. The van der Waals surface area contributed by atoms with E-state index < -0.39 is 0 Å². The Labute approximate surface area is 137 Å². The number of aryl methyl sites for hydroxylation is 1. The molecule has 2 amide bonds. The quantitative estimate of drug-likeness (QED) is 0.727. The van der Waals surface area contributed by atoms with Crippen LogP contribution < -0.4 is 10.6 Å². The van der Waals surface area contributed by atoms with E-state index in [-0.39, 0.29) is 12.6 Å². The van der Waals surface area contributed by atoms with Gasteiger partial charge < -0.3 is 19.7 Å². The summed E-state index contributed by atoms with van der Waals surface area (Å²) in [5.74, 6) is 0.891. The van der Waals surface area contributed by atoms with Crippen molar-refractivity contribution in [3.63, 3.8) is 0 Å². The Morgan fingerprint density at radius 1 is 1.30 bits per heavy atom. The molecule has 0 aliphatic rings. The second kappa shape index (κ2) is 7.10. The maximum Gasteiger partial charge on any atom is 0.315 e. The number of urea groups is 1. The second-order valence-corrected chi connectivity index (χ2v) is 5.84. The molecule has 0 aromatic carbocycles. The number of hydrogen-bond donors (Lipinski definition) is 2. The minimum atomic E-state index is -0.268. The monoisotopic (exact) mass is 331 g/mol. The average molecular weight is 331 g/mol. The minimum absolute atomic E-state index is 0.191. The number of rotatable bonds is 6. The highest BCUT2D eigenvalue weighted by molar-refractivity contribution is 7.09. The lowest BCUT2D eigenvalue weighted by Crippen LogP contribution is -2.34. The lowest BCUT2D eigenvalue weighted by atomic mass is 10.4. The van der Waals surface area contributed by atoms with Gasteiger partial charge in [0.15, 0.2) is 0 Å². The van der Waals surface area contributed by atoms with Crippen LogP contribution in [0.15, 0.2) is 40.4 Å². The predicted octanol–water partition coefficient (Wildman–Crippen LogP) is 2.62. The van der Waals surface area contributed by atoms with Crippen LogP contribution in [0, 0.1) is 0 Å². The summed E-state index contributed by atoms with van der Waals surface area (Å²) in [6.45, 7) is 3.57. The van der Waals surface area contributed by atoms with E-state index in [2.05, 4.69) is 20.8 Å². The van der Waals surface area contributed by atoms with Crippen LogP contribution in [0.3, 0.4) is 0 Å². The van der Waals surface area contributed by atoms with Gasteiger partial charge in [0.25, 0.3) is 0 Å². The summed E-state index contributed by atoms with van der Waals surface area (Å²) in [5.41, 5.74) is 0.893. The maximum atomic E-state index is 11.7. The first-order valence-electron chi connectivity index (χ1n) is 7.28. The normalized spacial score (nSPS) is 10.7. The van der Waals surface area contributed by atoms with E-state index in [1.165, 1.54) is 0 Å². The van der Waals surface area contributed by atoms with Crippen LogP contribution in [-0.4, -0.2) is 20.7 Å². The zero-order valence-corrected chi connectivity index (χ0v) is 13.5. The second-order valence-electron chi connectivity index (χ2n) is 4.81. The molecule has 0 aliphatic carbocycles. The zero-order valence-electron chi connectivity index (χ0n) is 12.7. The number of nitrogens with zero attached hydrogens (tertiary/aromatic N) is 3. The summed E-state index contributed by atoms with van der Waals surface area (Å²) in [6.07, 6.45) is 1.96. The van der Waals surface area contributed by atoms with Gasteiger partial charge in [-0.1, -0.05) is 11.2 Å². The van der Waals surface area contributed by atoms with Crippen LogP contribution in [-0.2, 0) is 19.6 Å². The van der Waals surface area contributed by atoms with Gasteiger partial charge in [0, 0.05) is 17.6 Å². The van der Waals surface area contributed by atoms with Crippen LogP contribution in [0.25, 0.3) is 11.5 Å². The first-order valence-corrected chi connectivity index (χ1v) is 8.16. The van der Waals surface area contributed by atoms with Gasteiger partial charge in [-0.05, 0) is 30.5 Å². The summed E-state index contributed by atoms with van der Waals surface area (Å²) in [4.78, 5) is 17.1. The highest BCUT2D eigenvalue weighted by Crippen LogP contribution is 2.16. The molecule has 3 heterocycles. The number of nitrogens with one attached hydrogen (secondary N) is 2. The van der Waals surface area contributed by atoms with Gasteiger partial charge in [0.2, 0.25) is 11.7 Å². The highest BCUT2D eigenvalue weighted by atomic mass is 32.1. The molecule has 3 aromatic heterocycles. The van der Waals surface area contributed by atoms with Crippen molar-refractivity contribution < 1.29 is 9.32 Å². The smallest absolute Gasteiger partial charge is 0.315 e. The van der Waals surface area contributed by atoms with Gasteiger partial charge in [-0.3, -0.25) is 0 Å². The zero-order chi connectivity index (χ0) is 16.1. The fourth-order valence-electron chi connectivity index (χ4n) is 2.12. The number of hydrogen-bond acceptors (Lipinski definition) is 5. The Kier molecular flexibility index (Phi) is 4.72. The number of aromatic nitrogens is 3. The molecule has 3 aromatic rings. The third kappa shape index (κ3) is 3.78. The molecule has 0 spiro atoms. The van der Waals surface area contributed by atoms with Crippen molar-refractivity contribution in [1.29, 1.82) is 0 Å². The Balaban J connectivity index is 1.52. The fraction of sp³-hybridized carbons (Fsp3) is 0.267. The van der Waals surface area contributed by atoms with Gasteiger partial charge >= 0.3 is 6.03 Å². The Morgan fingerprint density at radius 3 is 2.96 bits per heavy atom. The molecule has 0 unspecified atom stereocenters. The van der Waals surface area contributed by atoms with E-state index in [1.807, 2.05) is 47.3 Å². The molecule has 7 nitrogen and oxygen atoms in total. The Hall–Kier alpha value is -2.61. The number of carbonyl (C=O) groups excluding carboxylic acids is 1.